The molecule has 0 aliphatic carbocycles. The summed E-state index contributed by atoms with van der Waals surface area (Å²) in [6.07, 6.45) is 1.11. The first-order chi connectivity index (χ1) is 8.85. The van der Waals surface area contributed by atoms with E-state index >= 15 is 0 Å². The van der Waals surface area contributed by atoms with E-state index in [0.717, 1.165) is 23.7 Å². The Kier molecular flexibility index (Phi) is 4.45. The summed E-state index contributed by atoms with van der Waals surface area (Å²) in [6.45, 7) is 7.00. The number of nitrogens with zero attached hydrogens (tertiary/aromatic N) is 1. The van der Waals surface area contributed by atoms with Crippen molar-refractivity contribution >= 4 is 29.7 Å². The minimum absolute atomic E-state index is 0.174. The average molecular weight is 344 g/mol. The molecular weight excluding hydrogens is 325 g/mol. The van der Waals surface area contributed by atoms with Crippen molar-refractivity contribution < 1.29 is 9.23 Å². The fourth-order valence-electron chi connectivity index (χ4n) is 2.23. The second kappa shape index (κ2) is 5.75. The molecule has 2 nitrogen and oxygen atoms in total. The van der Waals surface area contributed by atoms with Crippen molar-refractivity contribution in [1.29, 1.82) is 0 Å². The highest BCUT2D eigenvalue weighted by molar-refractivity contribution is 9.10. The lowest BCUT2D eigenvalue weighted by molar-refractivity contribution is 0.0582. The van der Waals surface area contributed by atoms with Crippen LogP contribution in [0.2, 0.25) is 25.7 Å². The Balaban J connectivity index is 2.10. The van der Waals surface area contributed by atoms with Crippen molar-refractivity contribution in [2.75, 3.05) is 0 Å². The SMILES string of the molecule is C[Si](C)(C)C[C@@H]1C[C@@H](Br)C(c2ccc(F)cc2)=NO1. The molecule has 1 aromatic rings. The standard InChI is InChI=1S/C14H19BrFNOSi/c1-19(2,3)9-12-8-13(15)14(17-18-12)10-4-6-11(16)7-5-10/h4-7,12-13H,8-9H2,1-3H3/t12-,13+/m0/s1. The predicted molar refractivity (Wildman–Crippen MR) is 83.3 cm³/mol. The topological polar surface area (TPSA) is 21.6 Å². The van der Waals surface area contributed by atoms with Crippen molar-refractivity contribution in [3.63, 3.8) is 0 Å². The summed E-state index contributed by atoms with van der Waals surface area (Å²) >= 11 is 3.67. The summed E-state index contributed by atoms with van der Waals surface area (Å²) in [7, 11) is -1.15. The average Bonchev–Trinajstić information content (AvgIpc) is 2.29. The van der Waals surface area contributed by atoms with Gasteiger partial charge in [0.1, 0.15) is 17.6 Å². The van der Waals surface area contributed by atoms with E-state index < -0.39 is 8.07 Å². The largest absolute Gasteiger partial charge is 0.392 e. The van der Waals surface area contributed by atoms with E-state index in [2.05, 4.69) is 40.7 Å². The molecule has 5 heteroatoms. The summed E-state index contributed by atoms with van der Waals surface area (Å²) in [5, 5.41) is 4.25. The van der Waals surface area contributed by atoms with Gasteiger partial charge in [-0.15, -0.1) is 0 Å². The van der Waals surface area contributed by atoms with Gasteiger partial charge in [-0.1, -0.05) is 52.9 Å². The Morgan fingerprint density at radius 3 is 2.47 bits per heavy atom. The van der Waals surface area contributed by atoms with Gasteiger partial charge in [0, 0.05) is 20.1 Å². The van der Waals surface area contributed by atoms with E-state index in [1.54, 1.807) is 12.1 Å². The van der Waals surface area contributed by atoms with Crippen LogP contribution in [-0.4, -0.2) is 24.7 Å². The molecule has 19 heavy (non-hydrogen) atoms. The molecule has 0 amide bonds. The zero-order valence-corrected chi connectivity index (χ0v) is 14.1. The van der Waals surface area contributed by atoms with Gasteiger partial charge in [-0.2, -0.15) is 0 Å². The van der Waals surface area contributed by atoms with Crippen LogP contribution in [0.4, 0.5) is 4.39 Å². The van der Waals surface area contributed by atoms with Crippen LogP contribution in [-0.2, 0) is 4.84 Å². The molecular formula is C14H19BrFNOSi. The molecule has 0 fully saturated rings. The minimum atomic E-state index is -1.15. The fraction of sp³-hybridized carbons (Fsp3) is 0.500. The van der Waals surface area contributed by atoms with Crippen molar-refractivity contribution in [1.82, 2.24) is 0 Å². The van der Waals surface area contributed by atoms with E-state index in [1.807, 2.05) is 0 Å². The summed E-state index contributed by atoms with van der Waals surface area (Å²) in [5.41, 5.74) is 1.77. The number of alkyl halides is 1. The number of oxime groups is 1. The minimum Gasteiger partial charge on any atom is -0.392 e. The van der Waals surface area contributed by atoms with Crippen molar-refractivity contribution in [3.8, 4) is 0 Å². The first kappa shape index (κ1) is 14.7. The van der Waals surface area contributed by atoms with Gasteiger partial charge in [0.2, 0.25) is 0 Å². The molecule has 1 aliphatic heterocycles. The zero-order chi connectivity index (χ0) is 14.0. The molecule has 1 heterocycles. The Labute approximate surface area is 123 Å². The van der Waals surface area contributed by atoms with Gasteiger partial charge in [0.05, 0.1) is 4.83 Å². The third-order valence-electron chi connectivity index (χ3n) is 3.05. The van der Waals surface area contributed by atoms with Crippen LogP contribution >= 0.6 is 15.9 Å². The fourth-order valence-corrected chi connectivity index (χ4v) is 4.60. The molecule has 2 rings (SSSR count). The Bertz CT molecular complexity index is 469. The molecule has 0 aromatic heterocycles. The Morgan fingerprint density at radius 1 is 1.32 bits per heavy atom. The van der Waals surface area contributed by atoms with Gasteiger partial charge in [-0.25, -0.2) is 4.39 Å². The molecule has 0 unspecified atom stereocenters. The predicted octanol–water partition coefficient (Wildman–Crippen LogP) is 4.42. The molecule has 1 aliphatic rings. The van der Waals surface area contributed by atoms with Gasteiger partial charge >= 0.3 is 0 Å². The maximum absolute atomic E-state index is 12.9. The van der Waals surface area contributed by atoms with Crippen molar-refractivity contribution in [2.45, 2.75) is 43.0 Å². The van der Waals surface area contributed by atoms with Crippen LogP contribution < -0.4 is 0 Å². The quantitative estimate of drug-likeness (QED) is 0.588. The van der Waals surface area contributed by atoms with Gasteiger partial charge in [-0.05, 0) is 18.2 Å². The maximum atomic E-state index is 12.9. The zero-order valence-electron chi connectivity index (χ0n) is 11.5. The number of hydrogen-bond donors (Lipinski definition) is 0. The van der Waals surface area contributed by atoms with Gasteiger partial charge in [0.25, 0.3) is 0 Å². The third-order valence-corrected chi connectivity index (χ3v) is 5.53. The lowest BCUT2D eigenvalue weighted by Gasteiger charge is -2.29. The second-order valence-corrected chi connectivity index (χ2v) is 12.8. The summed E-state index contributed by atoms with van der Waals surface area (Å²) in [4.78, 5) is 5.79. The van der Waals surface area contributed by atoms with E-state index in [0.29, 0.717) is 0 Å². The maximum Gasteiger partial charge on any atom is 0.126 e. The van der Waals surface area contributed by atoms with E-state index in [4.69, 9.17) is 4.84 Å². The highest BCUT2D eigenvalue weighted by atomic mass is 79.9. The van der Waals surface area contributed by atoms with Crippen LogP contribution in [0.5, 0.6) is 0 Å². The molecule has 104 valence electrons. The van der Waals surface area contributed by atoms with Crippen LogP contribution in [0.1, 0.15) is 12.0 Å². The summed E-state index contributed by atoms with van der Waals surface area (Å²) < 4.78 is 12.9. The molecule has 0 saturated carbocycles. The first-order valence-electron chi connectivity index (χ1n) is 6.49. The van der Waals surface area contributed by atoms with Crippen LogP contribution in [0.25, 0.3) is 0 Å². The molecule has 0 bridgehead atoms. The van der Waals surface area contributed by atoms with Crippen LogP contribution in [0.15, 0.2) is 29.4 Å². The lowest BCUT2D eigenvalue weighted by atomic mass is 10.0. The number of hydrogen-bond acceptors (Lipinski definition) is 2. The van der Waals surface area contributed by atoms with E-state index in [9.17, 15) is 4.39 Å². The first-order valence-corrected chi connectivity index (χ1v) is 11.1. The highest BCUT2D eigenvalue weighted by Crippen LogP contribution is 2.27. The van der Waals surface area contributed by atoms with Gasteiger partial charge in [-0.3, -0.25) is 0 Å². The smallest absolute Gasteiger partial charge is 0.126 e. The van der Waals surface area contributed by atoms with Crippen molar-refractivity contribution in [2.24, 2.45) is 5.16 Å². The molecule has 0 saturated heterocycles. The normalized spacial score (nSPS) is 23.7. The van der Waals surface area contributed by atoms with Crippen LogP contribution in [0.3, 0.4) is 0 Å². The van der Waals surface area contributed by atoms with E-state index in [1.165, 1.54) is 12.1 Å². The van der Waals surface area contributed by atoms with Crippen LogP contribution in [0, 0.1) is 5.82 Å². The van der Waals surface area contributed by atoms with Crippen molar-refractivity contribution in [3.05, 3.63) is 35.6 Å². The summed E-state index contributed by atoms with van der Waals surface area (Å²) in [5.74, 6) is -0.233. The lowest BCUT2D eigenvalue weighted by Crippen LogP contribution is -2.34. The molecule has 2 atom stereocenters. The second-order valence-electron chi connectivity index (χ2n) is 6.18. The number of rotatable bonds is 3. The summed E-state index contributed by atoms with van der Waals surface area (Å²) in [6, 6.07) is 7.49. The molecule has 1 aromatic carbocycles. The third kappa shape index (κ3) is 4.14. The monoisotopic (exact) mass is 343 g/mol. The highest BCUT2D eigenvalue weighted by Gasteiger charge is 2.30. The van der Waals surface area contributed by atoms with E-state index in [-0.39, 0.29) is 16.7 Å². The molecule has 0 spiro atoms. The van der Waals surface area contributed by atoms with Gasteiger partial charge in [0.15, 0.2) is 0 Å². The number of halogens is 2. The Hall–Kier alpha value is -0.683. The molecule has 0 N–H and O–H groups in total. The number of benzene rings is 1. The molecule has 0 radical (unpaired) electrons. The Morgan fingerprint density at radius 2 is 1.95 bits per heavy atom. The van der Waals surface area contributed by atoms with Gasteiger partial charge < -0.3 is 4.84 Å².